The number of carbonyl (C=O) groups is 2. The van der Waals surface area contributed by atoms with Crippen molar-refractivity contribution in [3.63, 3.8) is 0 Å². The maximum Gasteiger partial charge on any atom is 0.243 e. The van der Waals surface area contributed by atoms with Crippen LogP contribution in [0.25, 0.3) is 0 Å². The first kappa shape index (κ1) is 15.8. The van der Waals surface area contributed by atoms with Crippen LogP contribution in [-0.4, -0.2) is 31.4 Å². The van der Waals surface area contributed by atoms with Crippen molar-refractivity contribution in [1.29, 1.82) is 0 Å². The molecule has 0 atom stereocenters. The molecule has 0 aromatic heterocycles. The number of hydrogen-bond donors (Lipinski definition) is 2. The Morgan fingerprint density at radius 2 is 1.70 bits per heavy atom. The monoisotopic (exact) mass is 315 g/mol. The van der Waals surface area contributed by atoms with Crippen LogP contribution in [0.4, 0.5) is 11.4 Å². The highest BCUT2D eigenvalue weighted by Gasteiger charge is 2.25. The molecule has 5 heteroatoms. The first-order chi connectivity index (χ1) is 11.2. The van der Waals surface area contributed by atoms with Crippen LogP contribution in [-0.2, 0) is 9.59 Å². The van der Waals surface area contributed by atoms with Crippen molar-refractivity contribution in [2.45, 2.75) is 38.5 Å². The maximum atomic E-state index is 11.9. The van der Waals surface area contributed by atoms with Gasteiger partial charge in [-0.1, -0.05) is 6.42 Å². The largest absolute Gasteiger partial charge is 0.372 e. The van der Waals surface area contributed by atoms with E-state index in [9.17, 15) is 9.59 Å². The summed E-state index contributed by atoms with van der Waals surface area (Å²) in [7, 11) is 0. The molecule has 1 aliphatic heterocycles. The van der Waals surface area contributed by atoms with Crippen molar-refractivity contribution >= 4 is 23.2 Å². The lowest BCUT2D eigenvalue weighted by molar-refractivity contribution is -0.129. The first-order valence-electron chi connectivity index (χ1n) is 8.65. The van der Waals surface area contributed by atoms with Crippen molar-refractivity contribution < 1.29 is 9.59 Å². The second-order valence-corrected chi connectivity index (χ2v) is 6.49. The zero-order valence-electron chi connectivity index (χ0n) is 13.5. The summed E-state index contributed by atoms with van der Waals surface area (Å²) in [4.78, 5) is 26.0. The van der Waals surface area contributed by atoms with Gasteiger partial charge in [-0.05, 0) is 56.4 Å². The van der Waals surface area contributed by atoms with Gasteiger partial charge in [0.2, 0.25) is 11.8 Å². The predicted octanol–water partition coefficient (Wildman–Crippen LogP) is 2.53. The van der Waals surface area contributed by atoms with Crippen LogP contribution < -0.4 is 15.5 Å². The molecule has 1 heterocycles. The predicted molar refractivity (Wildman–Crippen MR) is 91.5 cm³/mol. The summed E-state index contributed by atoms with van der Waals surface area (Å²) in [5.41, 5.74) is 1.98. The number of carbonyl (C=O) groups excluding carboxylic acids is 2. The molecular weight excluding hydrogens is 290 g/mol. The van der Waals surface area contributed by atoms with E-state index in [0.717, 1.165) is 38.0 Å². The second kappa shape index (κ2) is 7.49. The van der Waals surface area contributed by atoms with E-state index in [4.69, 9.17) is 0 Å². The smallest absolute Gasteiger partial charge is 0.243 e. The molecular formula is C18H25N3O2. The van der Waals surface area contributed by atoms with Gasteiger partial charge < -0.3 is 15.5 Å². The first-order valence-corrected chi connectivity index (χ1v) is 8.65. The molecule has 1 aromatic rings. The molecule has 1 saturated heterocycles. The minimum atomic E-state index is -0.177. The second-order valence-electron chi connectivity index (χ2n) is 6.49. The van der Waals surface area contributed by atoms with Gasteiger partial charge in [0, 0.05) is 30.4 Å². The van der Waals surface area contributed by atoms with Crippen molar-refractivity contribution in [3.8, 4) is 0 Å². The van der Waals surface area contributed by atoms with Gasteiger partial charge in [0.05, 0.1) is 6.54 Å². The molecule has 0 bridgehead atoms. The number of nitrogens with zero attached hydrogens (tertiary/aromatic N) is 1. The summed E-state index contributed by atoms with van der Waals surface area (Å²) < 4.78 is 0. The average molecular weight is 315 g/mol. The van der Waals surface area contributed by atoms with Gasteiger partial charge in [0.15, 0.2) is 0 Å². The maximum absolute atomic E-state index is 11.9. The molecule has 2 N–H and O–H groups in total. The van der Waals surface area contributed by atoms with E-state index < -0.39 is 0 Å². The summed E-state index contributed by atoms with van der Waals surface area (Å²) in [6.45, 7) is 2.26. The summed E-state index contributed by atoms with van der Waals surface area (Å²) >= 11 is 0. The van der Waals surface area contributed by atoms with Crippen molar-refractivity contribution in [2.24, 2.45) is 5.92 Å². The fourth-order valence-corrected chi connectivity index (χ4v) is 3.10. The molecule has 5 nitrogen and oxygen atoms in total. The van der Waals surface area contributed by atoms with Crippen LogP contribution in [0.3, 0.4) is 0 Å². The molecule has 1 aliphatic carbocycles. The third-order valence-corrected chi connectivity index (χ3v) is 4.77. The van der Waals surface area contributed by atoms with E-state index in [2.05, 4.69) is 15.5 Å². The Balaban J connectivity index is 1.45. The number of benzene rings is 1. The Bertz CT molecular complexity index is 546. The van der Waals surface area contributed by atoms with E-state index in [1.54, 1.807) is 0 Å². The van der Waals surface area contributed by atoms with Crippen LogP contribution in [0.2, 0.25) is 0 Å². The summed E-state index contributed by atoms with van der Waals surface area (Å²) in [6, 6.07) is 7.95. The standard InChI is InChI=1S/C18H25N3O2/c22-17(13-19-18(23)14-5-4-6-14)20-15-7-9-16(10-8-15)21-11-2-1-3-12-21/h7-10,14H,1-6,11-13H2,(H,19,23)(H,20,22). The Labute approximate surface area is 137 Å². The molecule has 0 radical (unpaired) electrons. The molecule has 0 spiro atoms. The normalized spacial score (nSPS) is 18.2. The SMILES string of the molecule is O=C(CNC(=O)C1CCC1)Nc1ccc(N2CCCCC2)cc1. The van der Waals surface area contributed by atoms with Crippen molar-refractivity contribution in [1.82, 2.24) is 5.32 Å². The number of amides is 2. The summed E-state index contributed by atoms with van der Waals surface area (Å²) in [5, 5.41) is 5.54. The Hall–Kier alpha value is -2.04. The lowest BCUT2D eigenvalue weighted by atomic mass is 9.85. The van der Waals surface area contributed by atoms with Gasteiger partial charge in [-0.15, -0.1) is 0 Å². The van der Waals surface area contributed by atoms with E-state index in [1.165, 1.54) is 24.9 Å². The van der Waals surface area contributed by atoms with Gasteiger partial charge in [0.25, 0.3) is 0 Å². The van der Waals surface area contributed by atoms with E-state index in [0.29, 0.717) is 0 Å². The average Bonchev–Trinajstić information content (AvgIpc) is 2.53. The fourth-order valence-electron chi connectivity index (χ4n) is 3.10. The zero-order chi connectivity index (χ0) is 16.1. The molecule has 1 saturated carbocycles. The zero-order valence-corrected chi connectivity index (χ0v) is 13.5. The molecule has 2 aliphatic rings. The fraction of sp³-hybridized carbons (Fsp3) is 0.556. The number of anilines is 2. The Morgan fingerprint density at radius 1 is 1.00 bits per heavy atom. The Kier molecular flexibility index (Phi) is 5.16. The number of hydrogen-bond acceptors (Lipinski definition) is 3. The van der Waals surface area contributed by atoms with Gasteiger partial charge >= 0.3 is 0 Å². The third kappa shape index (κ3) is 4.24. The number of rotatable bonds is 5. The minimum Gasteiger partial charge on any atom is -0.372 e. The van der Waals surface area contributed by atoms with Crippen LogP contribution in [0, 0.1) is 5.92 Å². The molecule has 1 aromatic carbocycles. The van der Waals surface area contributed by atoms with Crippen LogP contribution >= 0.6 is 0 Å². The lowest BCUT2D eigenvalue weighted by Crippen LogP contribution is -2.39. The van der Waals surface area contributed by atoms with E-state index in [1.807, 2.05) is 24.3 Å². The Morgan fingerprint density at radius 3 is 2.30 bits per heavy atom. The number of nitrogens with one attached hydrogen (secondary N) is 2. The van der Waals surface area contributed by atoms with Crippen molar-refractivity contribution in [3.05, 3.63) is 24.3 Å². The highest BCUT2D eigenvalue weighted by atomic mass is 16.2. The molecule has 2 fully saturated rings. The topological polar surface area (TPSA) is 61.4 Å². The summed E-state index contributed by atoms with van der Waals surface area (Å²) in [5.74, 6) is -0.0538. The van der Waals surface area contributed by atoms with E-state index >= 15 is 0 Å². The highest BCUT2D eigenvalue weighted by molar-refractivity contribution is 5.95. The van der Waals surface area contributed by atoms with E-state index in [-0.39, 0.29) is 24.3 Å². The lowest BCUT2D eigenvalue weighted by Gasteiger charge is -2.28. The molecule has 3 rings (SSSR count). The van der Waals surface area contributed by atoms with Gasteiger partial charge in [-0.25, -0.2) is 0 Å². The molecule has 2 amide bonds. The third-order valence-electron chi connectivity index (χ3n) is 4.77. The quantitative estimate of drug-likeness (QED) is 0.878. The van der Waals surface area contributed by atoms with Gasteiger partial charge in [-0.2, -0.15) is 0 Å². The van der Waals surface area contributed by atoms with Crippen LogP contribution in [0.15, 0.2) is 24.3 Å². The van der Waals surface area contributed by atoms with Gasteiger partial charge in [-0.3, -0.25) is 9.59 Å². The number of piperidine rings is 1. The molecule has 124 valence electrons. The van der Waals surface area contributed by atoms with Crippen molar-refractivity contribution in [2.75, 3.05) is 29.9 Å². The highest BCUT2D eigenvalue weighted by Crippen LogP contribution is 2.26. The van der Waals surface area contributed by atoms with Gasteiger partial charge in [0.1, 0.15) is 0 Å². The minimum absolute atomic E-state index is 0.00634. The molecule has 0 unspecified atom stereocenters. The molecule has 23 heavy (non-hydrogen) atoms. The summed E-state index contributed by atoms with van der Waals surface area (Å²) in [6.07, 6.45) is 6.83. The van der Waals surface area contributed by atoms with Crippen LogP contribution in [0.5, 0.6) is 0 Å². The van der Waals surface area contributed by atoms with Crippen LogP contribution in [0.1, 0.15) is 38.5 Å².